The number of aromatic nitrogens is 4. The lowest BCUT2D eigenvalue weighted by Crippen LogP contribution is -2.23. The lowest BCUT2D eigenvalue weighted by molar-refractivity contribution is 0.579. The Morgan fingerprint density at radius 3 is 2.86 bits per heavy atom. The number of nitrogens with one attached hydrogen (secondary N) is 2. The SMILES string of the molecule is Nc1ccc2cc(S(=O)(=O)NCc3ncn[nH]3)ccc2n1. The van der Waals surface area contributed by atoms with Gasteiger partial charge in [-0.05, 0) is 30.3 Å². The Labute approximate surface area is 120 Å². The van der Waals surface area contributed by atoms with Crippen molar-refractivity contribution in [3.05, 3.63) is 42.5 Å². The van der Waals surface area contributed by atoms with E-state index in [0.29, 0.717) is 22.5 Å². The number of H-pyrrole nitrogens is 1. The van der Waals surface area contributed by atoms with Crippen LogP contribution in [-0.2, 0) is 16.6 Å². The molecule has 4 N–H and O–H groups in total. The normalized spacial score (nSPS) is 11.8. The van der Waals surface area contributed by atoms with Gasteiger partial charge in [0.05, 0.1) is 17.0 Å². The number of nitrogens with zero attached hydrogens (tertiary/aromatic N) is 3. The fourth-order valence-corrected chi connectivity index (χ4v) is 2.87. The van der Waals surface area contributed by atoms with Crippen LogP contribution in [0, 0.1) is 0 Å². The van der Waals surface area contributed by atoms with Gasteiger partial charge < -0.3 is 5.73 Å². The van der Waals surface area contributed by atoms with Gasteiger partial charge in [0.25, 0.3) is 0 Å². The number of pyridine rings is 1. The van der Waals surface area contributed by atoms with Crippen LogP contribution in [0.3, 0.4) is 0 Å². The van der Waals surface area contributed by atoms with Crippen molar-refractivity contribution in [1.82, 2.24) is 24.9 Å². The highest BCUT2D eigenvalue weighted by Gasteiger charge is 2.15. The summed E-state index contributed by atoms with van der Waals surface area (Å²) in [5.41, 5.74) is 6.23. The highest BCUT2D eigenvalue weighted by atomic mass is 32.2. The first-order valence-corrected chi connectivity index (χ1v) is 7.53. The highest BCUT2D eigenvalue weighted by Crippen LogP contribution is 2.18. The summed E-state index contributed by atoms with van der Waals surface area (Å²) < 4.78 is 26.9. The molecule has 0 unspecified atom stereocenters. The number of hydrogen-bond acceptors (Lipinski definition) is 6. The van der Waals surface area contributed by atoms with Crippen LogP contribution < -0.4 is 10.5 Å². The molecule has 0 bridgehead atoms. The van der Waals surface area contributed by atoms with Gasteiger partial charge in [-0.25, -0.2) is 23.1 Å². The molecule has 21 heavy (non-hydrogen) atoms. The molecule has 2 heterocycles. The van der Waals surface area contributed by atoms with Crippen LogP contribution >= 0.6 is 0 Å². The van der Waals surface area contributed by atoms with Crippen LogP contribution in [-0.4, -0.2) is 28.6 Å². The van der Waals surface area contributed by atoms with Gasteiger partial charge >= 0.3 is 0 Å². The van der Waals surface area contributed by atoms with E-state index in [1.807, 2.05) is 0 Å². The van der Waals surface area contributed by atoms with E-state index in [0.717, 1.165) is 0 Å². The van der Waals surface area contributed by atoms with Crippen LogP contribution in [0.4, 0.5) is 5.82 Å². The Balaban J connectivity index is 1.89. The van der Waals surface area contributed by atoms with Gasteiger partial charge in [0.15, 0.2) is 0 Å². The van der Waals surface area contributed by atoms with Crippen LogP contribution in [0.15, 0.2) is 41.6 Å². The molecule has 1 aromatic carbocycles. The van der Waals surface area contributed by atoms with E-state index in [1.54, 1.807) is 24.3 Å². The number of fused-ring (bicyclic) bond motifs is 1. The standard InChI is InChI=1S/C12H12N6O2S/c13-11-4-1-8-5-9(2-3-10(8)17-11)21(19,20)16-6-12-14-7-15-18-12/h1-5,7,16H,6H2,(H2,13,17)(H,14,15,18). The zero-order valence-electron chi connectivity index (χ0n) is 10.8. The molecule has 9 heteroatoms. The maximum absolute atomic E-state index is 12.2. The molecule has 0 saturated carbocycles. The first-order chi connectivity index (χ1) is 10.0. The molecule has 2 aromatic heterocycles. The van der Waals surface area contributed by atoms with Gasteiger partial charge in [-0.15, -0.1) is 0 Å². The molecule has 0 amide bonds. The molecule has 0 atom stereocenters. The number of sulfonamides is 1. The van der Waals surface area contributed by atoms with E-state index in [9.17, 15) is 8.42 Å². The molecule has 3 rings (SSSR count). The molecular formula is C12H12N6O2S. The topological polar surface area (TPSA) is 127 Å². The first-order valence-electron chi connectivity index (χ1n) is 6.05. The summed E-state index contributed by atoms with van der Waals surface area (Å²) in [5, 5.41) is 6.94. The lowest BCUT2D eigenvalue weighted by atomic mass is 10.2. The number of nitrogen functional groups attached to an aromatic ring is 1. The number of aromatic amines is 1. The van der Waals surface area contributed by atoms with Gasteiger partial charge in [0.1, 0.15) is 18.0 Å². The summed E-state index contributed by atoms with van der Waals surface area (Å²) in [6.07, 6.45) is 1.32. The molecule has 0 radical (unpaired) electrons. The predicted molar refractivity (Wildman–Crippen MR) is 76.6 cm³/mol. The van der Waals surface area contributed by atoms with Crippen LogP contribution in [0.5, 0.6) is 0 Å². The summed E-state index contributed by atoms with van der Waals surface area (Å²) in [6, 6.07) is 8.00. The van der Waals surface area contributed by atoms with Gasteiger partial charge in [-0.1, -0.05) is 0 Å². The molecule has 0 saturated heterocycles. The van der Waals surface area contributed by atoms with Gasteiger partial charge in [0, 0.05) is 5.39 Å². The molecule has 0 fully saturated rings. The Bertz CT molecular complexity index is 876. The van der Waals surface area contributed by atoms with Crippen molar-refractivity contribution in [3.63, 3.8) is 0 Å². The molecular weight excluding hydrogens is 292 g/mol. The molecule has 0 aliphatic rings. The summed E-state index contributed by atoms with van der Waals surface area (Å²) in [7, 11) is -3.63. The van der Waals surface area contributed by atoms with E-state index < -0.39 is 10.0 Å². The van der Waals surface area contributed by atoms with Crippen molar-refractivity contribution >= 4 is 26.7 Å². The van der Waals surface area contributed by atoms with Gasteiger partial charge in [-0.2, -0.15) is 5.10 Å². The number of anilines is 1. The average Bonchev–Trinajstić information content (AvgIpc) is 2.98. The second kappa shape index (κ2) is 5.11. The molecule has 0 spiro atoms. The average molecular weight is 304 g/mol. The molecule has 3 aromatic rings. The maximum Gasteiger partial charge on any atom is 0.240 e. The van der Waals surface area contributed by atoms with Crippen LogP contribution in [0.1, 0.15) is 5.82 Å². The zero-order chi connectivity index (χ0) is 14.9. The largest absolute Gasteiger partial charge is 0.384 e. The van der Waals surface area contributed by atoms with Crippen molar-refractivity contribution < 1.29 is 8.42 Å². The highest BCUT2D eigenvalue weighted by molar-refractivity contribution is 7.89. The second-order valence-electron chi connectivity index (χ2n) is 4.35. The minimum Gasteiger partial charge on any atom is -0.384 e. The van der Waals surface area contributed by atoms with Crippen molar-refractivity contribution in [2.24, 2.45) is 0 Å². The van der Waals surface area contributed by atoms with Crippen LogP contribution in [0.2, 0.25) is 0 Å². The van der Waals surface area contributed by atoms with Gasteiger partial charge in [-0.3, -0.25) is 5.10 Å². The Hall–Kier alpha value is -2.52. The monoisotopic (exact) mass is 304 g/mol. The lowest BCUT2D eigenvalue weighted by Gasteiger charge is -2.06. The summed E-state index contributed by atoms with van der Waals surface area (Å²) in [6.45, 7) is 0.0420. The maximum atomic E-state index is 12.2. The van der Waals surface area contributed by atoms with Crippen LogP contribution in [0.25, 0.3) is 10.9 Å². The summed E-state index contributed by atoms with van der Waals surface area (Å²) >= 11 is 0. The molecule has 108 valence electrons. The minimum atomic E-state index is -3.63. The minimum absolute atomic E-state index is 0.0420. The van der Waals surface area contributed by atoms with E-state index in [4.69, 9.17) is 5.73 Å². The van der Waals surface area contributed by atoms with E-state index >= 15 is 0 Å². The Morgan fingerprint density at radius 2 is 2.10 bits per heavy atom. The molecule has 8 nitrogen and oxygen atoms in total. The zero-order valence-corrected chi connectivity index (χ0v) is 11.6. The van der Waals surface area contributed by atoms with Crippen molar-refractivity contribution in [1.29, 1.82) is 0 Å². The molecule has 0 aliphatic heterocycles. The predicted octanol–water partition coefficient (Wildman–Crippen LogP) is 0.414. The third kappa shape index (κ3) is 2.83. The van der Waals surface area contributed by atoms with E-state index in [-0.39, 0.29) is 11.4 Å². The number of rotatable bonds is 4. The Morgan fingerprint density at radius 1 is 1.24 bits per heavy atom. The quantitative estimate of drug-likeness (QED) is 0.641. The van der Waals surface area contributed by atoms with E-state index in [2.05, 4.69) is 24.9 Å². The van der Waals surface area contributed by atoms with Crippen molar-refractivity contribution in [2.75, 3.05) is 5.73 Å². The molecule has 0 aliphatic carbocycles. The Kier molecular flexibility index (Phi) is 3.28. The van der Waals surface area contributed by atoms with Gasteiger partial charge in [0.2, 0.25) is 10.0 Å². The third-order valence-electron chi connectivity index (χ3n) is 2.89. The van der Waals surface area contributed by atoms with Crippen molar-refractivity contribution in [3.8, 4) is 0 Å². The summed E-state index contributed by atoms with van der Waals surface area (Å²) in [5.74, 6) is 0.829. The van der Waals surface area contributed by atoms with Crippen molar-refractivity contribution in [2.45, 2.75) is 11.4 Å². The first kappa shape index (κ1) is 13.5. The number of nitrogens with two attached hydrogens (primary N) is 1. The second-order valence-corrected chi connectivity index (χ2v) is 6.11. The fourth-order valence-electron chi connectivity index (χ4n) is 1.85. The van der Waals surface area contributed by atoms with E-state index in [1.165, 1.54) is 12.4 Å². The number of hydrogen-bond donors (Lipinski definition) is 3. The fraction of sp³-hybridized carbons (Fsp3) is 0.0833. The third-order valence-corrected chi connectivity index (χ3v) is 4.29. The number of benzene rings is 1. The smallest absolute Gasteiger partial charge is 0.240 e. The summed E-state index contributed by atoms with van der Waals surface area (Å²) in [4.78, 5) is 8.13.